The highest BCUT2D eigenvalue weighted by molar-refractivity contribution is 6.30. The highest BCUT2D eigenvalue weighted by Gasteiger charge is 2.34. The van der Waals surface area contributed by atoms with Crippen LogP contribution in [0.3, 0.4) is 0 Å². The van der Waals surface area contributed by atoms with Crippen LogP contribution in [0.15, 0.2) is 66.1 Å². The zero-order valence-corrected chi connectivity index (χ0v) is 18.3. The average Bonchev–Trinajstić information content (AvgIpc) is 3.19. The fourth-order valence-electron chi connectivity index (χ4n) is 3.48. The third-order valence-electron chi connectivity index (χ3n) is 4.85. The third kappa shape index (κ3) is 4.56. The van der Waals surface area contributed by atoms with Crippen molar-refractivity contribution in [3.05, 3.63) is 82.3 Å². The molecule has 7 nitrogen and oxygen atoms in total. The van der Waals surface area contributed by atoms with Crippen LogP contribution in [0.4, 0.5) is 5.95 Å². The molecule has 2 aromatic carbocycles. The van der Waals surface area contributed by atoms with E-state index in [1.807, 2.05) is 69.3 Å². The summed E-state index contributed by atoms with van der Waals surface area (Å²) in [5.41, 5.74) is 3.05. The van der Waals surface area contributed by atoms with Gasteiger partial charge in [0, 0.05) is 10.7 Å². The Balaban J connectivity index is 1.59. The second-order valence-corrected chi connectivity index (χ2v) is 7.97. The lowest BCUT2D eigenvalue weighted by atomic mass is 9.95. The number of aromatic nitrogens is 3. The van der Waals surface area contributed by atoms with Crippen LogP contribution in [0.25, 0.3) is 0 Å². The number of nitrogens with one attached hydrogen (secondary N) is 1. The van der Waals surface area contributed by atoms with Crippen molar-refractivity contribution >= 4 is 23.5 Å². The SMILES string of the molecule is CC1=C(C(=O)OC(C)C)C(c2ccc(OCc3cccc(Cl)c3)cc2)n2ncnc2N1. The number of nitrogens with zero attached hydrogens (tertiary/aromatic N) is 3. The number of anilines is 1. The maximum atomic E-state index is 12.9. The molecule has 2 heterocycles. The van der Waals surface area contributed by atoms with Crippen molar-refractivity contribution in [3.8, 4) is 5.75 Å². The molecule has 4 rings (SSSR count). The Hall–Kier alpha value is -3.32. The number of rotatable bonds is 6. The Labute approximate surface area is 185 Å². The smallest absolute Gasteiger partial charge is 0.338 e. The van der Waals surface area contributed by atoms with Crippen LogP contribution in [0, 0.1) is 0 Å². The molecular weight excluding hydrogens is 416 g/mol. The summed E-state index contributed by atoms with van der Waals surface area (Å²) < 4.78 is 13.1. The molecule has 0 fully saturated rings. The van der Waals surface area contributed by atoms with Crippen LogP contribution in [-0.4, -0.2) is 26.8 Å². The molecule has 0 radical (unpaired) electrons. The molecule has 0 spiro atoms. The Morgan fingerprint density at radius 2 is 2.00 bits per heavy atom. The summed E-state index contributed by atoms with van der Waals surface area (Å²) in [5.74, 6) is 0.904. The number of halogens is 1. The van der Waals surface area contributed by atoms with E-state index in [2.05, 4.69) is 15.4 Å². The van der Waals surface area contributed by atoms with Gasteiger partial charge in [-0.3, -0.25) is 0 Å². The average molecular weight is 439 g/mol. The van der Waals surface area contributed by atoms with E-state index < -0.39 is 6.04 Å². The maximum absolute atomic E-state index is 12.9. The number of allylic oxidation sites excluding steroid dienone is 1. The molecule has 1 N–H and O–H groups in total. The van der Waals surface area contributed by atoms with Crippen LogP contribution in [0.5, 0.6) is 5.75 Å². The number of esters is 1. The van der Waals surface area contributed by atoms with Crippen molar-refractivity contribution in [2.45, 2.75) is 39.5 Å². The highest BCUT2D eigenvalue weighted by atomic mass is 35.5. The molecule has 1 aromatic heterocycles. The van der Waals surface area contributed by atoms with E-state index in [1.165, 1.54) is 6.33 Å². The van der Waals surface area contributed by atoms with Crippen molar-refractivity contribution in [2.24, 2.45) is 0 Å². The van der Waals surface area contributed by atoms with Crippen LogP contribution in [-0.2, 0) is 16.1 Å². The van der Waals surface area contributed by atoms with E-state index >= 15 is 0 Å². The second kappa shape index (κ2) is 8.81. The van der Waals surface area contributed by atoms with Gasteiger partial charge in [-0.25, -0.2) is 9.48 Å². The summed E-state index contributed by atoms with van der Waals surface area (Å²) in [6.07, 6.45) is 1.23. The van der Waals surface area contributed by atoms with E-state index in [1.54, 1.807) is 4.68 Å². The molecule has 3 aromatic rings. The largest absolute Gasteiger partial charge is 0.489 e. The number of hydrogen-bond acceptors (Lipinski definition) is 6. The van der Waals surface area contributed by atoms with Crippen LogP contribution in [0.2, 0.25) is 5.02 Å². The number of hydrogen-bond donors (Lipinski definition) is 1. The number of benzene rings is 2. The standard InChI is InChI=1S/C23H23ClN4O3/c1-14(2)31-22(29)20-15(3)27-23-25-13-26-28(23)21(20)17-7-9-19(10-8-17)30-12-16-5-4-6-18(24)11-16/h4-11,13-14,21H,12H2,1-3H3,(H,25,26,27). The summed E-state index contributed by atoms with van der Waals surface area (Å²) in [4.78, 5) is 17.1. The van der Waals surface area contributed by atoms with E-state index in [0.29, 0.717) is 34.6 Å². The number of carbonyl (C=O) groups is 1. The number of ether oxygens (including phenoxy) is 2. The van der Waals surface area contributed by atoms with Crippen molar-refractivity contribution in [3.63, 3.8) is 0 Å². The van der Waals surface area contributed by atoms with Gasteiger partial charge >= 0.3 is 5.97 Å². The van der Waals surface area contributed by atoms with Gasteiger partial charge in [-0.2, -0.15) is 10.1 Å². The van der Waals surface area contributed by atoms with Crippen molar-refractivity contribution in [1.82, 2.24) is 14.8 Å². The maximum Gasteiger partial charge on any atom is 0.338 e. The quantitative estimate of drug-likeness (QED) is 0.559. The second-order valence-electron chi connectivity index (χ2n) is 7.54. The first-order valence-corrected chi connectivity index (χ1v) is 10.4. The fraction of sp³-hybridized carbons (Fsp3) is 0.261. The Morgan fingerprint density at radius 3 is 2.71 bits per heavy atom. The zero-order chi connectivity index (χ0) is 22.0. The monoisotopic (exact) mass is 438 g/mol. The van der Waals surface area contributed by atoms with E-state index in [0.717, 1.165) is 11.1 Å². The van der Waals surface area contributed by atoms with Gasteiger partial charge in [0.05, 0.1) is 11.7 Å². The first-order chi connectivity index (χ1) is 14.9. The van der Waals surface area contributed by atoms with Crippen LogP contribution >= 0.6 is 11.6 Å². The molecule has 0 bridgehead atoms. The Kier molecular flexibility index (Phi) is 5.95. The van der Waals surface area contributed by atoms with Crippen molar-refractivity contribution in [2.75, 3.05) is 5.32 Å². The first kappa shape index (κ1) is 20.9. The third-order valence-corrected chi connectivity index (χ3v) is 5.08. The van der Waals surface area contributed by atoms with Gasteiger partial charge in [-0.1, -0.05) is 35.9 Å². The minimum Gasteiger partial charge on any atom is -0.489 e. The van der Waals surface area contributed by atoms with Gasteiger partial charge in [-0.15, -0.1) is 0 Å². The lowest BCUT2D eigenvalue weighted by molar-refractivity contribution is -0.143. The summed E-state index contributed by atoms with van der Waals surface area (Å²) in [7, 11) is 0. The molecular formula is C23H23ClN4O3. The van der Waals surface area contributed by atoms with E-state index in [9.17, 15) is 4.79 Å². The molecule has 1 unspecified atom stereocenters. The predicted octanol–water partition coefficient (Wildman–Crippen LogP) is 4.75. The van der Waals surface area contributed by atoms with Crippen molar-refractivity contribution in [1.29, 1.82) is 0 Å². The van der Waals surface area contributed by atoms with E-state index in [-0.39, 0.29) is 12.1 Å². The normalized spacial score (nSPS) is 15.5. The van der Waals surface area contributed by atoms with Crippen molar-refractivity contribution < 1.29 is 14.3 Å². The highest BCUT2D eigenvalue weighted by Crippen LogP contribution is 2.36. The topological polar surface area (TPSA) is 78.3 Å². The lowest BCUT2D eigenvalue weighted by Crippen LogP contribution is -2.30. The summed E-state index contributed by atoms with van der Waals surface area (Å²) >= 11 is 6.03. The minimum atomic E-state index is -0.452. The molecule has 0 aliphatic carbocycles. The van der Waals surface area contributed by atoms with Gasteiger partial charge in [0.2, 0.25) is 5.95 Å². The number of carbonyl (C=O) groups excluding carboxylic acids is 1. The summed E-state index contributed by atoms with van der Waals surface area (Å²) in [6, 6.07) is 14.7. The zero-order valence-electron chi connectivity index (χ0n) is 17.5. The van der Waals surface area contributed by atoms with E-state index in [4.69, 9.17) is 21.1 Å². The molecule has 1 aliphatic rings. The van der Waals surface area contributed by atoms with Gasteiger partial charge in [0.1, 0.15) is 24.7 Å². The van der Waals surface area contributed by atoms with Gasteiger partial charge in [0.25, 0.3) is 0 Å². The van der Waals surface area contributed by atoms with Gasteiger partial charge < -0.3 is 14.8 Å². The molecule has 1 atom stereocenters. The predicted molar refractivity (Wildman–Crippen MR) is 118 cm³/mol. The molecule has 1 aliphatic heterocycles. The molecule has 0 saturated carbocycles. The molecule has 160 valence electrons. The first-order valence-electron chi connectivity index (χ1n) is 9.98. The van der Waals surface area contributed by atoms with Gasteiger partial charge in [-0.05, 0) is 56.2 Å². The molecule has 8 heteroatoms. The Bertz CT molecular complexity index is 1120. The lowest BCUT2D eigenvalue weighted by Gasteiger charge is -2.28. The Morgan fingerprint density at radius 1 is 1.23 bits per heavy atom. The fourth-order valence-corrected chi connectivity index (χ4v) is 3.69. The van der Waals surface area contributed by atoms with Crippen LogP contribution < -0.4 is 10.1 Å². The summed E-state index contributed by atoms with van der Waals surface area (Å²) in [5, 5.41) is 8.13. The molecule has 31 heavy (non-hydrogen) atoms. The van der Waals surface area contributed by atoms with Gasteiger partial charge in [0.15, 0.2) is 0 Å². The molecule has 0 saturated heterocycles. The number of fused-ring (bicyclic) bond motifs is 1. The minimum absolute atomic E-state index is 0.229. The molecule has 0 amide bonds. The summed E-state index contributed by atoms with van der Waals surface area (Å²) in [6.45, 7) is 5.90. The van der Waals surface area contributed by atoms with Crippen LogP contribution in [0.1, 0.15) is 37.9 Å².